The van der Waals surface area contributed by atoms with Crippen molar-refractivity contribution in [1.29, 1.82) is 0 Å². The molecular formula is C18H24N2O6. The average molecular weight is 364 g/mol. The number of hydrogen-bond acceptors (Lipinski definition) is 6. The van der Waals surface area contributed by atoms with Gasteiger partial charge in [0.25, 0.3) is 5.91 Å². The lowest BCUT2D eigenvalue weighted by Crippen LogP contribution is -2.42. The summed E-state index contributed by atoms with van der Waals surface area (Å²) in [5.41, 5.74) is -0.562. The quantitative estimate of drug-likeness (QED) is 0.532. The van der Waals surface area contributed by atoms with Crippen molar-refractivity contribution < 1.29 is 29.0 Å². The Bertz CT molecular complexity index is 671. The predicted octanol–water partition coefficient (Wildman–Crippen LogP) is 1.32. The molecule has 1 heterocycles. The molecule has 0 spiro atoms. The monoisotopic (exact) mass is 364 g/mol. The van der Waals surface area contributed by atoms with Crippen LogP contribution in [0, 0.1) is 0 Å². The number of nitrogens with zero attached hydrogens (tertiary/aromatic N) is 1. The van der Waals surface area contributed by atoms with Gasteiger partial charge in [-0.3, -0.25) is 9.69 Å². The van der Waals surface area contributed by atoms with E-state index in [4.69, 9.17) is 9.47 Å². The Morgan fingerprint density at radius 3 is 2.46 bits per heavy atom. The molecule has 1 aliphatic rings. The molecule has 1 aliphatic heterocycles. The third-order valence-corrected chi connectivity index (χ3v) is 3.81. The fraction of sp³-hybridized carbons (Fsp3) is 0.500. The molecular weight excluding hydrogens is 340 g/mol. The fourth-order valence-corrected chi connectivity index (χ4v) is 2.40. The van der Waals surface area contributed by atoms with Gasteiger partial charge in [-0.1, -0.05) is 6.92 Å². The third-order valence-electron chi connectivity index (χ3n) is 3.81. The second-order valence-corrected chi connectivity index (χ2v) is 6.60. The standard InChI is InChI=1S/C18H24N2O6/c1-4-9-25-15(22)12-5-7-14(8-6-12)26-11-13(21)10-20-16(23)18(2,3)19-17(20)24/h5-8,13,21H,4,9-11H2,1-3H3,(H,19,24)/t13-/m0/s1. The van der Waals surface area contributed by atoms with Crippen molar-refractivity contribution >= 4 is 17.9 Å². The van der Waals surface area contributed by atoms with E-state index in [1.54, 1.807) is 38.1 Å². The SMILES string of the molecule is CCCOC(=O)c1ccc(OC[C@@H](O)CN2C(=O)NC(C)(C)C2=O)cc1. The van der Waals surface area contributed by atoms with Crippen molar-refractivity contribution in [3.05, 3.63) is 29.8 Å². The van der Waals surface area contributed by atoms with E-state index in [2.05, 4.69) is 5.32 Å². The number of aliphatic hydroxyl groups is 1. The Kier molecular flexibility index (Phi) is 6.20. The summed E-state index contributed by atoms with van der Waals surface area (Å²) < 4.78 is 10.5. The van der Waals surface area contributed by atoms with Gasteiger partial charge in [-0.2, -0.15) is 0 Å². The molecule has 2 rings (SSSR count). The molecule has 1 atom stereocenters. The van der Waals surface area contributed by atoms with Crippen LogP contribution in [0.3, 0.4) is 0 Å². The van der Waals surface area contributed by atoms with Gasteiger partial charge in [0.05, 0.1) is 18.7 Å². The number of carbonyl (C=O) groups excluding carboxylic acids is 3. The molecule has 0 aromatic heterocycles. The zero-order chi connectivity index (χ0) is 19.3. The van der Waals surface area contributed by atoms with Crippen LogP contribution in [-0.4, -0.2) is 59.3 Å². The molecule has 26 heavy (non-hydrogen) atoms. The number of β-amino-alcohol motifs (C(OH)–C–C–N with tert-alkyl or cyclic N) is 1. The molecule has 0 bridgehead atoms. The lowest BCUT2D eigenvalue weighted by atomic mass is 10.1. The van der Waals surface area contributed by atoms with Crippen molar-refractivity contribution in [2.24, 2.45) is 0 Å². The summed E-state index contributed by atoms with van der Waals surface area (Å²) in [5.74, 6) is -0.343. The molecule has 1 saturated heterocycles. The van der Waals surface area contributed by atoms with Crippen LogP contribution in [0.2, 0.25) is 0 Å². The molecule has 1 aromatic carbocycles. The zero-order valence-electron chi connectivity index (χ0n) is 15.2. The van der Waals surface area contributed by atoms with E-state index in [9.17, 15) is 19.5 Å². The van der Waals surface area contributed by atoms with E-state index in [-0.39, 0.29) is 13.2 Å². The maximum atomic E-state index is 12.1. The van der Waals surface area contributed by atoms with Gasteiger partial charge in [-0.25, -0.2) is 9.59 Å². The van der Waals surface area contributed by atoms with Crippen LogP contribution in [0.5, 0.6) is 5.75 Å². The van der Waals surface area contributed by atoms with Crippen molar-refractivity contribution in [3.8, 4) is 5.75 Å². The van der Waals surface area contributed by atoms with Gasteiger partial charge in [0.2, 0.25) is 0 Å². The molecule has 3 amide bonds. The van der Waals surface area contributed by atoms with Crippen molar-refractivity contribution in [1.82, 2.24) is 10.2 Å². The molecule has 1 fully saturated rings. The van der Waals surface area contributed by atoms with Gasteiger partial charge in [-0.15, -0.1) is 0 Å². The number of nitrogens with one attached hydrogen (secondary N) is 1. The van der Waals surface area contributed by atoms with Gasteiger partial charge < -0.3 is 19.9 Å². The number of amides is 3. The summed E-state index contributed by atoms with van der Waals surface area (Å²) in [6, 6.07) is 5.78. The predicted molar refractivity (Wildman–Crippen MR) is 92.8 cm³/mol. The van der Waals surface area contributed by atoms with Crippen LogP contribution in [-0.2, 0) is 9.53 Å². The van der Waals surface area contributed by atoms with Crippen molar-refractivity contribution in [3.63, 3.8) is 0 Å². The molecule has 0 aliphatic carbocycles. The highest BCUT2D eigenvalue weighted by Crippen LogP contribution is 2.17. The van der Waals surface area contributed by atoms with E-state index < -0.39 is 29.6 Å². The average Bonchev–Trinajstić information content (AvgIpc) is 2.80. The first kappa shape index (κ1) is 19.7. The number of esters is 1. The highest BCUT2D eigenvalue weighted by Gasteiger charge is 2.44. The minimum atomic E-state index is -1.03. The number of imide groups is 1. The minimum absolute atomic E-state index is 0.100. The zero-order valence-corrected chi connectivity index (χ0v) is 15.2. The summed E-state index contributed by atoms with van der Waals surface area (Å²) in [6.07, 6.45) is -0.285. The summed E-state index contributed by atoms with van der Waals surface area (Å²) in [4.78, 5) is 36.5. The largest absolute Gasteiger partial charge is 0.491 e. The highest BCUT2D eigenvalue weighted by atomic mass is 16.5. The van der Waals surface area contributed by atoms with Gasteiger partial charge in [0, 0.05) is 0 Å². The smallest absolute Gasteiger partial charge is 0.338 e. The van der Waals surface area contributed by atoms with Gasteiger partial charge in [0.15, 0.2) is 0 Å². The number of aliphatic hydroxyl groups excluding tert-OH is 1. The third kappa shape index (κ3) is 4.72. The summed E-state index contributed by atoms with van der Waals surface area (Å²) in [7, 11) is 0. The van der Waals surface area contributed by atoms with E-state index in [0.29, 0.717) is 17.9 Å². The van der Waals surface area contributed by atoms with Gasteiger partial charge in [-0.05, 0) is 44.5 Å². The first-order valence-electron chi connectivity index (χ1n) is 8.46. The number of hydrogen-bond donors (Lipinski definition) is 2. The Morgan fingerprint density at radius 2 is 1.92 bits per heavy atom. The minimum Gasteiger partial charge on any atom is -0.491 e. The fourth-order valence-electron chi connectivity index (χ4n) is 2.40. The lowest BCUT2D eigenvalue weighted by Gasteiger charge is -2.19. The normalized spacial score (nSPS) is 17.0. The summed E-state index contributed by atoms with van der Waals surface area (Å²) in [6.45, 7) is 5.22. The van der Waals surface area contributed by atoms with Crippen LogP contribution in [0.4, 0.5) is 4.79 Å². The van der Waals surface area contributed by atoms with E-state index in [1.165, 1.54) is 0 Å². The van der Waals surface area contributed by atoms with E-state index in [0.717, 1.165) is 11.3 Å². The van der Waals surface area contributed by atoms with Crippen LogP contribution in [0.15, 0.2) is 24.3 Å². The van der Waals surface area contributed by atoms with E-state index >= 15 is 0 Å². The maximum absolute atomic E-state index is 12.1. The summed E-state index contributed by atoms with van der Waals surface area (Å²) >= 11 is 0. The first-order chi connectivity index (χ1) is 12.2. The number of benzene rings is 1. The molecule has 8 nitrogen and oxygen atoms in total. The Labute approximate surface area is 152 Å². The molecule has 2 N–H and O–H groups in total. The molecule has 8 heteroatoms. The second kappa shape index (κ2) is 8.18. The lowest BCUT2D eigenvalue weighted by molar-refractivity contribution is -0.131. The van der Waals surface area contributed by atoms with Crippen LogP contribution in [0.1, 0.15) is 37.6 Å². The van der Waals surface area contributed by atoms with Crippen LogP contribution in [0.25, 0.3) is 0 Å². The summed E-state index contributed by atoms with van der Waals surface area (Å²) in [5, 5.41) is 12.6. The number of carbonyl (C=O) groups is 3. The van der Waals surface area contributed by atoms with Gasteiger partial charge >= 0.3 is 12.0 Å². The van der Waals surface area contributed by atoms with Crippen LogP contribution < -0.4 is 10.1 Å². The molecule has 142 valence electrons. The maximum Gasteiger partial charge on any atom is 0.338 e. The molecule has 0 unspecified atom stereocenters. The first-order valence-corrected chi connectivity index (χ1v) is 8.46. The topological polar surface area (TPSA) is 105 Å². The number of urea groups is 1. The molecule has 1 aromatic rings. The van der Waals surface area contributed by atoms with Crippen molar-refractivity contribution in [2.75, 3.05) is 19.8 Å². The number of ether oxygens (including phenoxy) is 2. The molecule has 0 radical (unpaired) electrons. The second-order valence-electron chi connectivity index (χ2n) is 6.60. The van der Waals surface area contributed by atoms with E-state index in [1.807, 2.05) is 6.92 Å². The van der Waals surface area contributed by atoms with Crippen LogP contribution >= 0.6 is 0 Å². The van der Waals surface area contributed by atoms with Crippen molar-refractivity contribution in [2.45, 2.75) is 38.8 Å². The highest BCUT2D eigenvalue weighted by molar-refractivity contribution is 6.06. The molecule has 0 saturated carbocycles. The Balaban J connectivity index is 1.84. The Morgan fingerprint density at radius 1 is 1.27 bits per heavy atom. The van der Waals surface area contributed by atoms with Gasteiger partial charge in [0.1, 0.15) is 24.0 Å². The number of rotatable bonds is 8. The Hall–Kier alpha value is -2.61.